The fraction of sp³-hybridized carbons (Fsp3) is 1.00. The Balaban J connectivity index is 1.82. The highest BCUT2D eigenvalue weighted by Crippen LogP contribution is 2.32. The Labute approximate surface area is 69.3 Å². The zero-order chi connectivity index (χ0) is 8.10. The summed E-state index contributed by atoms with van der Waals surface area (Å²) in [6.07, 6.45) is 3.87. The van der Waals surface area contributed by atoms with Crippen LogP contribution in [0.4, 0.5) is 0 Å². The fourth-order valence-corrected chi connectivity index (χ4v) is 1.45. The Morgan fingerprint density at radius 3 is 2.91 bits per heavy atom. The standard InChI is InChI=1S/C9H19NO/c1-3-8-7-9(8)10-5-4-6-11-2/h8-10H,3-7H2,1-2H3. The highest BCUT2D eigenvalue weighted by Gasteiger charge is 2.34. The van der Waals surface area contributed by atoms with Crippen LogP contribution in [0.5, 0.6) is 0 Å². The molecule has 1 aliphatic rings. The number of rotatable bonds is 6. The fourth-order valence-electron chi connectivity index (χ4n) is 1.45. The summed E-state index contributed by atoms with van der Waals surface area (Å²) in [4.78, 5) is 0. The van der Waals surface area contributed by atoms with Gasteiger partial charge in [-0.3, -0.25) is 0 Å². The van der Waals surface area contributed by atoms with Crippen molar-refractivity contribution in [1.29, 1.82) is 0 Å². The van der Waals surface area contributed by atoms with Gasteiger partial charge in [0.1, 0.15) is 0 Å². The van der Waals surface area contributed by atoms with Gasteiger partial charge >= 0.3 is 0 Å². The zero-order valence-electron chi connectivity index (χ0n) is 7.60. The molecule has 1 saturated carbocycles. The van der Waals surface area contributed by atoms with Gasteiger partial charge in [0.05, 0.1) is 0 Å². The summed E-state index contributed by atoms with van der Waals surface area (Å²) in [5.74, 6) is 0.970. The van der Waals surface area contributed by atoms with Crippen molar-refractivity contribution in [3.05, 3.63) is 0 Å². The van der Waals surface area contributed by atoms with Gasteiger partial charge in [-0.25, -0.2) is 0 Å². The smallest absolute Gasteiger partial charge is 0.0474 e. The van der Waals surface area contributed by atoms with E-state index in [0.717, 1.165) is 31.5 Å². The van der Waals surface area contributed by atoms with Gasteiger partial charge in [0.15, 0.2) is 0 Å². The average Bonchev–Trinajstić information content (AvgIpc) is 2.77. The second-order valence-corrected chi connectivity index (χ2v) is 3.31. The summed E-state index contributed by atoms with van der Waals surface area (Å²) in [7, 11) is 1.76. The molecule has 0 spiro atoms. The van der Waals surface area contributed by atoms with Crippen LogP contribution < -0.4 is 5.32 Å². The first-order chi connectivity index (χ1) is 5.38. The van der Waals surface area contributed by atoms with E-state index < -0.39 is 0 Å². The molecule has 11 heavy (non-hydrogen) atoms. The molecule has 1 N–H and O–H groups in total. The first kappa shape index (κ1) is 9.01. The molecule has 0 bridgehead atoms. The van der Waals surface area contributed by atoms with E-state index in [1.54, 1.807) is 7.11 Å². The number of hydrogen-bond acceptors (Lipinski definition) is 2. The topological polar surface area (TPSA) is 21.3 Å². The maximum Gasteiger partial charge on any atom is 0.0474 e. The van der Waals surface area contributed by atoms with Crippen molar-refractivity contribution in [3.8, 4) is 0 Å². The minimum Gasteiger partial charge on any atom is -0.385 e. The molecule has 2 unspecified atom stereocenters. The maximum atomic E-state index is 4.96. The van der Waals surface area contributed by atoms with Gasteiger partial charge in [0.2, 0.25) is 0 Å². The largest absolute Gasteiger partial charge is 0.385 e. The molecule has 0 aliphatic heterocycles. The predicted octanol–water partition coefficient (Wildman–Crippen LogP) is 1.41. The number of ether oxygens (including phenoxy) is 1. The van der Waals surface area contributed by atoms with Crippen LogP contribution in [0, 0.1) is 5.92 Å². The summed E-state index contributed by atoms with van der Waals surface area (Å²) in [5.41, 5.74) is 0. The summed E-state index contributed by atoms with van der Waals surface area (Å²) < 4.78 is 4.96. The molecule has 0 saturated heterocycles. The van der Waals surface area contributed by atoms with Crippen LogP contribution in [0.15, 0.2) is 0 Å². The molecule has 0 heterocycles. The molecular weight excluding hydrogens is 138 g/mol. The van der Waals surface area contributed by atoms with E-state index in [9.17, 15) is 0 Å². The van der Waals surface area contributed by atoms with Crippen LogP contribution in [0.3, 0.4) is 0 Å². The van der Waals surface area contributed by atoms with Crippen molar-refractivity contribution >= 4 is 0 Å². The van der Waals surface area contributed by atoms with Gasteiger partial charge in [0.25, 0.3) is 0 Å². The van der Waals surface area contributed by atoms with Crippen LogP contribution in [-0.4, -0.2) is 26.3 Å². The number of methoxy groups -OCH3 is 1. The molecule has 0 aromatic carbocycles. The van der Waals surface area contributed by atoms with Crippen LogP contribution in [0.1, 0.15) is 26.2 Å². The molecule has 0 aromatic heterocycles. The van der Waals surface area contributed by atoms with Crippen LogP contribution in [-0.2, 0) is 4.74 Å². The van der Waals surface area contributed by atoms with Crippen molar-refractivity contribution in [3.63, 3.8) is 0 Å². The second-order valence-electron chi connectivity index (χ2n) is 3.31. The first-order valence-corrected chi connectivity index (χ1v) is 4.60. The maximum absolute atomic E-state index is 4.96. The molecule has 2 atom stereocenters. The zero-order valence-corrected chi connectivity index (χ0v) is 7.60. The van der Waals surface area contributed by atoms with E-state index in [0.29, 0.717) is 0 Å². The van der Waals surface area contributed by atoms with Crippen molar-refractivity contribution in [2.24, 2.45) is 5.92 Å². The number of nitrogens with one attached hydrogen (secondary N) is 1. The molecule has 0 amide bonds. The second kappa shape index (κ2) is 4.73. The van der Waals surface area contributed by atoms with Gasteiger partial charge in [-0.2, -0.15) is 0 Å². The third-order valence-corrected chi connectivity index (χ3v) is 2.38. The van der Waals surface area contributed by atoms with E-state index in [1.807, 2.05) is 0 Å². The lowest BCUT2D eigenvalue weighted by Gasteiger charge is -2.01. The Morgan fingerprint density at radius 2 is 2.36 bits per heavy atom. The minimum absolute atomic E-state index is 0.830. The summed E-state index contributed by atoms with van der Waals surface area (Å²) >= 11 is 0. The highest BCUT2D eigenvalue weighted by atomic mass is 16.5. The van der Waals surface area contributed by atoms with Gasteiger partial charge in [-0.05, 0) is 25.3 Å². The molecule has 1 aliphatic carbocycles. The molecule has 2 nitrogen and oxygen atoms in total. The molecule has 1 rings (SSSR count). The molecule has 0 aromatic rings. The average molecular weight is 157 g/mol. The lowest BCUT2D eigenvalue weighted by Crippen LogP contribution is -2.20. The van der Waals surface area contributed by atoms with Crippen molar-refractivity contribution in [2.45, 2.75) is 32.2 Å². The molecule has 1 fully saturated rings. The Kier molecular flexibility index (Phi) is 3.87. The molecular formula is C9H19NO. The monoisotopic (exact) mass is 157 g/mol. The van der Waals surface area contributed by atoms with Gasteiger partial charge < -0.3 is 10.1 Å². The summed E-state index contributed by atoms with van der Waals surface area (Å²) in [6.45, 7) is 4.27. The SMILES string of the molecule is CCC1CC1NCCCOC. The van der Waals surface area contributed by atoms with E-state index in [-0.39, 0.29) is 0 Å². The lowest BCUT2D eigenvalue weighted by molar-refractivity contribution is 0.194. The van der Waals surface area contributed by atoms with Gasteiger partial charge in [0, 0.05) is 19.8 Å². The van der Waals surface area contributed by atoms with E-state index >= 15 is 0 Å². The Bertz CT molecular complexity index is 106. The van der Waals surface area contributed by atoms with E-state index in [2.05, 4.69) is 12.2 Å². The Hall–Kier alpha value is -0.0800. The van der Waals surface area contributed by atoms with Crippen molar-refractivity contribution in [2.75, 3.05) is 20.3 Å². The normalized spacial score (nSPS) is 28.9. The van der Waals surface area contributed by atoms with Crippen LogP contribution in [0.25, 0.3) is 0 Å². The first-order valence-electron chi connectivity index (χ1n) is 4.60. The molecule has 0 radical (unpaired) electrons. The lowest BCUT2D eigenvalue weighted by atomic mass is 10.3. The molecule has 66 valence electrons. The third kappa shape index (κ3) is 3.21. The Morgan fingerprint density at radius 1 is 1.55 bits per heavy atom. The van der Waals surface area contributed by atoms with Crippen LogP contribution >= 0.6 is 0 Å². The van der Waals surface area contributed by atoms with E-state index in [1.165, 1.54) is 12.8 Å². The van der Waals surface area contributed by atoms with Crippen molar-refractivity contribution in [1.82, 2.24) is 5.32 Å². The summed E-state index contributed by atoms with van der Waals surface area (Å²) in [6, 6.07) is 0.830. The van der Waals surface area contributed by atoms with Crippen molar-refractivity contribution < 1.29 is 4.74 Å². The van der Waals surface area contributed by atoms with E-state index in [4.69, 9.17) is 4.74 Å². The quantitative estimate of drug-likeness (QED) is 0.589. The number of hydrogen-bond donors (Lipinski definition) is 1. The minimum atomic E-state index is 0.830. The van der Waals surface area contributed by atoms with Gasteiger partial charge in [-0.1, -0.05) is 13.3 Å². The predicted molar refractivity (Wildman–Crippen MR) is 46.7 cm³/mol. The summed E-state index contributed by atoms with van der Waals surface area (Å²) in [5, 5.41) is 3.51. The van der Waals surface area contributed by atoms with Gasteiger partial charge in [-0.15, -0.1) is 0 Å². The third-order valence-electron chi connectivity index (χ3n) is 2.38. The molecule has 2 heteroatoms. The highest BCUT2D eigenvalue weighted by molar-refractivity contribution is 4.91. The van der Waals surface area contributed by atoms with Crippen LogP contribution in [0.2, 0.25) is 0 Å².